The van der Waals surface area contributed by atoms with Crippen molar-refractivity contribution in [1.82, 2.24) is 10.2 Å². The van der Waals surface area contributed by atoms with E-state index in [2.05, 4.69) is 5.32 Å². The number of nitrogens with one attached hydrogen (secondary N) is 1. The van der Waals surface area contributed by atoms with Crippen LogP contribution < -0.4 is 5.32 Å². The van der Waals surface area contributed by atoms with Crippen molar-refractivity contribution in [3.05, 3.63) is 0 Å². The normalized spacial score (nSPS) is 13.9. The van der Waals surface area contributed by atoms with Gasteiger partial charge in [0.25, 0.3) is 0 Å². The Hall–Kier alpha value is -0.780. The first-order chi connectivity index (χ1) is 7.63. The zero-order valence-electron chi connectivity index (χ0n) is 10.8. The monoisotopic (exact) mass is 254 g/mol. The predicted molar refractivity (Wildman–Crippen MR) is 60.6 cm³/mol. The molecule has 0 aromatic carbocycles. The van der Waals surface area contributed by atoms with Crippen molar-refractivity contribution in [3.63, 3.8) is 0 Å². The van der Waals surface area contributed by atoms with Crippen LogP contribution in [0.2, 0.25) is 0 Å². The van der Waals surface area contributed by atoms with Crippen LogP contribution in [-0.2, 0) is 4.79 Å². The Balaban J connectivity index is 3.97. The summed E-state index contributed by atoms with van der Waals surface area (Å²) >= 11 is 0. The van der Waals surface area contributed by atoms with Gasteiger partial charge in [0.2, 0.25) is 5.91 Å². The molecule has 1 unspecified atom stereocenters. The molecule has 0 saturated carbocycles. The molecule has 3 nitrogen and oxygen atoms in total. The number of halogens is 3. The fourth-order valence-electron chi connectivity index (χ4n) is 1.52. The molecule has 0 aliphatic rings. The third-order valence-corrected chi connectivity index (χ3v) is 2.47. The van der Waals surface area contributed by atoms with E-state index in [1.54, 1.807) is 7.05 Å². The summed E-state index contributed by atoms with van der Waals surface area (Å²) in [4.78, 5) is 13.0. The highest BCUT2D eigenvalue weighted by Gasteiger charge is 2.27. The van der Waals surface area contributed by atoms with Gasteiger partial charge in [-0.05, 0) is 19.3 Å². The summed E-state index contributed by atoms with van der Waals surface area (Å²) in [5.41, 5.74) is 0. The second-order valence-corrected chi connectivity index (χ2v) is 4.70. The maximum Gasteiger partial charge on any atom is 0.401 e. The van der Waals surface area contributed by atoms with E-state index in [4.69, 9.17) is 0 Å². The zero-order chi connectivity index (χ0) is 13.6. The summed E-state index contributed by atoms with van der Waals surface area (Å²) in [7, 11) is 1.62. The Morgan fingerprint density at radius 1 is 1.29 bits per heavy atom. The van der Waals surface area contributed by atoms with Crippen LogP contribution in [0.4, 0.5) is 13.2 Å². The van der Waals surface area contributed by atoms with Gasteiger partial charge in [-0.1, -0.05) is 13.8 Å². The number of hydrogen-bond acceptors (Lipinski definition) is 2. The Kier molecular flexibility index (Phi) is 6.52. The van der Waals surface area contributed by atoms with Crippen LogP contribution in [0.25, 0.3) is 0 Å². The quantitative estimate of drug-likeness (QED) is 0.786. The predicted octanol–water partition coefficient (Wildman–Crippen LogP) is 2.03. The highest BCUT2D eigenvalue weighted by Crippen LogP contribution is 2.12. The van der Waals surface area contributed by atoms with Crippen LogP contribution in [0.3, 0.4) is 0 Å². The molecule has 1 N–H and O–H groups in total. The van der Waals surface area contributed by atoms with Gasteiger partial charge in [0.05, 0.1) is 13.1 Å². The van der Waals surface area contributed by atoms with Gasteiger partial charge in [-0.25, -0.2) is 0 Å². The number of carbonyl (C=O) groups excluding carboxylic acids is 1. The van der Waals surface area contributed by atoms with Crippen molar-refractivity contribution in [2.45, 2.75) is 39.4 Å². The van der Waals surface area contributed by atoms with Crippen LogP contribution in [0.5, 0.6) is 0 Å². The summed E-state index contributed by atoms with van der Waals surface area (Å²) < 4.78 is 35.6. The molecule has 0 aliphatic carbocycles. The lowest BCUT2D eigenvalue weighted by Crippen LogP contribution is -2.43. The number of alkyl halides is 3. The van der Waals surface area contributed by atoms with Gasteiger partial charge in [-0.3, -0.25) is 4.79 Å². The molecule has 0 heterocycles. The van der Waals surface area contributed by atoms with Gasteiger partial charge in [0.15, 0.2) is 0 Å². The fourth-order valence-corrected chi connectivity index (χ4v) is 1.52. The first-order valence-electron chi connectivity index (χ1n) is 5.66. The van der Waals surface area contributed by atoms with E-state index in [0.29, 0.717) is 5.92 Å². The smallest absolute Gasteiger partial charge is 0.342 e. The van der Waals surface area contributed by atoms with E-state index in [-0.39, 0.29) is 18.5 Å². The lowest BCUT2D eigenvalue weighted by Gasteiger charge is -2.26. The Morgan fingerprint density at radius 3 is 2.24 bits per heavy atom. The van der Waals surface area contributed by atoms with E-state index in [9.17, 15) is 18.0 Å². The van der Waals surface area contributed by atoms with Crippen molar-refractivity contribution in [3.8, 4) is 0 Å². The second kappa shape index (κ2) is 6.83. The lowest BCUT2D eigenvalue weighted by atomic mass is 10.0. The topological polar surface area (TPSA) is 32.3 Å². The van der Waals surface area contributed by atoms with Crippen LogP contribution in [-0.4, -0.2) is 43.2 Å². The number of rotatable bonds is 6. The van der Waals surface area contributed by atoms with Crippen molar-refractivity contribution in [2.24, 2.45) is 5.92 Å². The standard InChI is InChI=1S/C11H21F3N2O/c1-8(2)5-9(3)16(4)10(17)6-15-7-11(12,13)14/h8-9,15H,5-7H2,1-4H3. The molecule has 0 radical (unpaired) electrons. The van der Waals surface area contributed by atoms with Crippen molar-refractivity contribution < 1.29 is 18.0 Å². The molecule has 102 valence electrons. The van der Waals surface area contributed by atoms with Crippen molar-refractivity contribution >= 4 is 5.91 Å². The summed E-state index contributed by atoms with van der Waals surface area (Å²) in [5, 5.41) is 2.10. The summed E-state index contributed by atoms with van der Waals surface area (Å²) in [6.45, 7) is 4.55. The molecule has 1 amide bonds. The SMILES string of the molecule is CC(C)CC(C)N(C)C(=O)CNCC(F)(F)F. The Morgan fingerprint density at radius 2 is 1.82 bits per heavy atom. The van der Waals surface area contributed by atoms with Gasteiger partial charge < -0.3 is 10.2 Å². The lowest BCUT2D eigenvalue weighted by molar-refractivity contribution is -0.134. The largest absolute Gasteiger partial charge is 0.401 e. The zero-order valence-corrected chi connectivity index (χ0v) is 10.8. The minimum Gasteiger partial charge on any atom is -0.342 e. The number of likely N-dealkylation sites (N-methyl/N-ethyl adjacent to an activating group) is 1. The number of hydrogen-bond donors (Lipinski definition) is 1. The average Bonchev–Trinajstić information content (AvgIpc) is 2.13. The first-order valence-corrected chi connectivity index (χ1v) is 5.66. The van der Waals surface area contributed by atoms with Crippen LogP contribution in [0, 0.1) is 5.92 Å². The molecule has 17 heavy (non-hydrogen) atoms. The van der Waals surface area contributed by atoms with Crippen LogP contribution in [0.1, 0.15) is 27.2 Å². The van der Waals surface area contributed by atoms with Crippen LogP contribution in [0.15, 0.2) is 0 Å². The molecule has 1 atom stereocenters. The molecule has 0 fully saturated rings. The first kappa shape index (κ1) is 16.2. The Labute approximate surface area is 100 Å². The molecule has 0 aromatic rings. The Bertz CT molecular complexity index is 241. The second-order valence-electron chi connectivity index (χ2n) is 4.70. The number of carbonyl (C=O) groups is 1. The molecular formula is C11H21F3N2O. The number of nitrogens with zero attached hydrogens (tertiary/aromatic N) is 1. The maximum absolute atomic E-state index is 11.9. The molecule has 6 heteroatoms. The number of amides is 1. The van der Waals surface area contributed by atoms with E-state index < -0.39 is 12.7 Å². The summed E-state index contributed by atoms with van der Waals surface area (Å²) in [6, 6.07) is 0.0372. The van der Waals surface area contributed by atoms with Gasteiger partial charge in [-0.2, -0.15) is 13.2 Å². The van der Waals surface area contributed by atoms with E-state index in [0.717, 1.165) is 6.42 Å². The molecular weight excluding hydrogens is 233 g/mol. The van der Waals surface area contributed by atoms with Gasteiger partial charge in [0.1, 0.15) is 0 Å². The van der Waals surface area contributed by atoms with Gasteiger partial charge in [-0.15, -0.1) is 0 Å². The summed E-state index contributed by atoms with van der Waals surface area (Å²) in [6.07, 6.45) is -3.44. The molecule has 0 aliphatic heterocycles. The van der Waals surface area contributed by atoms with Crippen molar-refractivity contribution in [2.75, 3.05) is 20.1 Å². The van der Waals surface area contributed by atoms with Crippen molar-refractivity contribution in [1.29, 1.82) is 0 Å². The summed E-state index contributed by atoms with van der Waals surface area (Å²) in [5.74, 6) is 0.130. The van der Waals surface area contributed by atoms with E-state index in [1.165, 1.54) is 4.90 Å². The molecule has 0 spiro atoms. The molecule has 0 bridgehead atoms. The molecule has 0 aromatic heterocycles. The molecule has 0 saturated heterocycles. The highest BCUT2D eigenvalue weighted by molar-refractivity contribution is 5.78. The van der Waals surface area contributed by atoms with E-state index in [1.807, 2.05) is 20.8 Å². The minimum absolute atomic E-state index is 0.0372. The minimum atomic E-state index is -4.28. The van der Waals surface area contributed by atoms with Gasteiger partial charge in [0, 0.05) is 13.1 Å². The van der Waals surface area contributed by atoms with Crippen LogP contribution >= 0.6 is 0 Å². The average molecular weight is 254 g/mol. The third kappa shape index (κ3) is 8.01. The highest BCUT2D eigenvalue weighted by atomic mass is 19.4. The molecule has 0 rings (SSSR count). The maximum atomic E-state index is 11.9. The fraction of sp³-hybridized carbons (Fsp3) is 0.909. The van der Waals surface area contributed by atoms with Gasteiger partial charge >= 0.3 is 6.18 Å². The van der Waals surface area contributed by atoms with E-state index >= 15 is 0 Å². The third-order valence-electron chi connectivity index (χ3n) is 2.47.